The van der Waals surface area contributed by atoms with E-state index in [4.69, 9.17) is 9.57 Å². The molecule has 0 bridgehead atoms. The van der Waals surface area contributed by atoms with Gasteiger partial charge in [0.05, 0.1) is 17.8 Å². The lowest BCUT2D eigenvalue weighted by molar-refractivity contribution is -0.154. The molecule has 4 nitrogen and oxygen atoms in total. The number of carbonyl (C=O) groups excluding carboxylic acids is 1. The van der Waals surface area contributed by atoms with Crippen molar-refractivity contribution in [3.63, 3.8) is 0 Å². The summed E-state index contributed by atoms with van der Waals surface area (Å²) >= 11 is 0. The van der Waals surface area contributed by atoms with Gasteiger partial charge in [-0.2, -0.15) is 0 Å². The third-order valence-electron chi connectivity index (χ3n) is 4.40. The maximum absolute atomic E-state index is 12.5. The Hall–Kier alpha value is -2.59. The van der Waals surface area contributed by atoms with Crippen molar-refractivity contribution in [1.29, 1.82) is 0 Å². The zero-order valence-electron chi connectivity index (χ0n) is 16.7. The van der Waals surface area contributed by atoms with Gasteiger partial charge in [-0.15, -0.1) is 0 Å². The van der Waals surface area contributed by atoms with Crippen LogP contribution in [0.1, 0.15) is 45.2 Å². The summed E-state index contributed by atoms with van der Waals surface area (Å²) in [6.07, 6.45) is -0.0160. The number of nitrogens with zero attached hydrogens (tertiary/aromatic N) is 1. The predicted octanol–water partition coefficient (Wildman–Crippen LogP) is 5.28. The molecule has 2 aromatic rings. The van der Waals surface area contributed by atoms with Gasteiger partial charge in [-0.05, 0) is 51.8 Å². The van der Waals surface area contributed by atoms with Gasteiger partial charge in [0.2, 0.25) is 0 Å². The highest BCUT2D eigenvalue weighted by molar-refractivity contribution is 5.86. The van der Waals surface area contributed by atoms with Gasteiger partial charge in [0.15, 0.2) is 0 Å². The fourth-order valence-electron chi connectivity index (χ4n) is 3.23. The van der Waals surface area contributed by atoms with E-state index in [1.54, 1.807) is 0 Å². The zero-order chi connectivity index (χ0) is 19.6. The quantitative estimate of drug-likeness (QED) is 0.691. The lowest BCUT2D eigenvalue weighted by Crippen LogP contribution is -2.24. The Morgan fingerprint density at radius 3 is 2.33 bits per heavy atom. The number of para-hydroxylation sites is 1. The number of hydrogen-bond donors (Lipinski definition) is 0. The maximum atomic E-state index is 12.5. The molecule has 1 aliphatic heterocycles. The summed E-state index contributed by atoms with van der Waals surface area (Å²) in [5.74, 6) is -0.243. The molecule has 0 radical (unpaired) electrons. The fourth-order valence-corrected chi connectivity index (χ4v) is 3.23. The average Bonchev–Trinajstić information content (AvgIpc) is 2.90. The highest BCUT2D eigenvalue weighted by Crippen LogP contribution is 2.40. The van der Waals surface area contributed by atoms with Crippen LogP contribution in [0.5, 0.6) is 0 Å². The van der Waals surface area contributed by atoms with Crippen molar-refractivity contribution in [1.82, 2.24) is 0 Å². The molecule has 2 aromatic carbocycles. The summed E-state index contributed by atoms with van der Waals surface area (Å²) in [6, 6.07) is 18.1. The maximum Gasteiger partial charge on any atom is 0.310 e. The molecule has 0 saturated heterocycles. The van der Waals surface area contributed by atoms with E-state index in [1.807, 2.05) is 81.3 Å². The summed E-state index contributed by atoms with van der Waals surface area (Å²) in [5, 5.41) is 1.86. The van der Waals surface area contributed by atoms with E-state index < -0.39 is 5.60 Å². The van der Waals surface area contributed by atoms with Crippen molar-refractivity contribution in [2.24, 2.45) is 0 Å². The predicted molar refractivity (Wildman–Crippen MR) is 108 cm³/mol. The summed E-state index contributed by atoms with van der Waals surface area (Å²) in [7, 11) is 0. The van der Waals surface area contributed by atoms with Crippen LogP contribution in [0.3, 0.4) is 0 Å². The molecule has 142 valence electrons. The molecule has 0 N–H and O–H groups in total. The van der Waals surface area contributed by atoms with Crippen molar-refractivity contribution in [3.8, 4) is 0 Å². The molecule has 0 fully saturated rings. The van der Waals surface area contributed by atoms with Gasteiger partial charge >= 0.3 is 5.97 Å². The standard InChI is InChI=1S/C23H27NO3/c1-16-11-9-10-14-20(16)24-22(18-12-7-6-8-13-18)19(17(2)27-24)15-21(25)26-23(3,4)5/h6-14,17H,15H2,1-5H3/t17-/m1/s1. The van der Waals surface area contributed by atoms with Crippen LogP contribution >= 0.6 is 0 Å². The number of ether oxygens (including phenoxy) is 1. The summed E-state index contributed by atoms with van der Waals surface area (Å²) in [5.41, 5.74) is 4.44. The minimum atomic E-state index is -0.511. The Bertz CT molecular complexity index is 849. The van der Waals surface area contributed by atoms with Crippen molar-refractivity contribution in [2.75, 3.05) is 5.06 Å². The van der Waals surface area contributed by atoms with Crippen LogP contribution in [0.2, 0.25) is 0 Å². The first-order valence-corrected chi connectivity index (χ1v) is 9.29. The number of rotatable bonds is 4. The van der Waals surface area contributed by atoms with Gasteiger partial charge in [0.1, 0.15) is 11.7 Å². The van der Waals surface area contributed by atoms with Crippen molar-refractivity contribution in [2.45, 2.75) is 52.7 Å². The van der Waals surface area contributed by atoms with Crippen LogP contribution in [0.15, 0.2) is 60.2 Å². The number of hydrogen-bond acceptors (Lipinski definition) is 4. The molecule has 3 rings (SSSR count). The second kappa shape index (κ2) is 7.57. The highest BCUT2D eigenvalue weighted by atomic mass is 16.7. The van der Waals surface area contributed by atoms with Gasteiger partial charge < -0.3 is 4.74 Å². The largest absolute Gasteiger partial charge is 0.460 e. The third kappa shape index (κ3) is 4.40. The first-order chi connectivity index (χ1) is 12.8. The number of esters is 1. The topological polar surface area (TPSA) is 38.8 Å². The highest BCUT2D eigenvalue weighted by Gasteiger charge is 2.34. The minimum absolute atomic E-state index is 0.199. The van der Waals surface area contributed by atoms with Gasteiger partial charge in [0, 0.05) is 5.56 Å². The minimum Gasteiger partial charge on any atom is -0.460 e. The van der Waals surface area contributed by atoms with E-state index in [0.717, 1.165) is 28.1 Å². The van der Waals surface area contributed by atoms with Gasteiger partial charge in [-0.3, -0.25) is 9.63 Å². The smallest absolute Gasteiger partial charge is 0.310 e. The molecule has 4 heteroatoms. The van der Waals surface area contributed by atoms with E-state index in [1.165, 1.54) is 0 Å². The Morgan fingerprint density at radius 2 is 1.70 bits per heavy atom. The molecule has 0 saturated carbocycles. The SMILES string of the molecule is Cc1ccccc1N1O[C@H](C)C(CC(=O)OC(C)(C)C)=C1c1ccccc1. The first kappa shape index (κ1) is 19.2. The lowest BCUT2D eigenvalue weighted by Gasteiger charge is -2.23. The Labute approximate surface area is 161 Å². The van der Waals surface area contributed by atoms with Crippen LogP contribution in [-0.2, 0) is 14.4 Å². The molecule has 1 aliphatic rings. The molecule has 0 amide bonds. The summed E-state index contributed by atoms with van der Waals surface area (Å²) in [6.45, 7) is 9.67. The third-order valence-corrected chi connectivity index (χ3v) is 4.40. The van der Waals surface area contributed by atoms with E-state index in [9.17, 15) is 4.79 Å². The van der Waals surface area contributed by atoms with Gasteiger partial charge in [-0.25, -0.2) is 5.06 Å². The molecule has 0 aromatic heterocycles. The molecule has 1 heterocycles. The zero-order valence-corrected chi connectivity index (χ0v) is 16.7. The molecule has 0 spiro atoms. The van der Waals surface area contributed by atoms with E-state index in [-0.39, 0.29) is 18.5 Å². The van der Waals surface area contributed by atoms with E-state index >= 15 is 0 Å². The van der Waals surface area contributed by atoms with Crippen molar-refractivity contribution >= 4 is 17.4 Å². The second-order valence-corrected chi connectivity index (χ2v) is 7.83. The van der Waals surface area contributed by atoms with Crippen molar-refractivity contribution < 1.29 is 14.4 Å². The van der Waals surface area contributed by atoms with E-state index in [0.29, 0.717) is 0 Å². The molecular formula is C23H27NO3. The van der Waals surface area contributed by atoms with Crippen LogP contribution < -0.4 is 5.06 Å². The number of carbonyl (C=O) groups is 1. The number of aryl methyl sites for hydroxylation is 1. The fraction of sp³-hybridized carbons (Fsp3) is 0.348. The normalized spacial score (nSPS) is 17.4. The summed E-state index contributed by atoms with van der Waals surface area (Å²) < 4.78 is 5.55. The van der Waals surface area contributed by atoms with Gasteiger partial charge in [0.25, 0.3) is 0 Å². The molecule has 0 aliphatic carbocycles. The summed E-state index contributed by atoms with van der Waals surface area (Å²) in [4.78, 5) is 18.7. The van der Waals surface area contributed by atoms with Crippen molar-refractivity contribution in [3.05, 3.63) is 71.3 Å². The Morgan fingerprint density at radius 1 is 1.07 bits per heavy atom. The molecule has 27 heavy (non-hydrogen) atoms. The number of anilines is 1. The number of benzene rings is 2. The molecular weight excluding hydrogens is 338 g/mol. The Kier molecular flexibility index (Phi) is 5.38. The first-order valence-electron chi connectivity index (χ1n) is 9.29. The van der Waals surface area contributed by atoms with E-state index in [2.05, 4.69) is 13.0 Å². The lowest BCUT2D eigenvalue weighted by atomic mass is 10.00. The monoisotopic (exact) mass is 365 g/mol. The average molecular weight is 365 g/mol. The van der Waals surface area contributed by atoms with Crippen LogP contribution in [0.25, 0.3) is 5.70 Å². The Balaban J connectivity index is 2.05. The van der Waals surface area contributed by atoms with Gasteiger partial charge in [-0.1, -0.05) is 48.5 Å². The molecule has 1 atom stereocenters. The number of hydroxylamine groups is 1. The van der Waals surface area contributed by atoms with Crippen LogP contribution in [0, 0.1) is 6.92 Å². The molecule has 0 unspecified atom stereocenters. The van der Waals surface area contributed by atoms with Crippen LogP contribution in [0.4, 0.5) is 5.69 Å². The second-order valence-electron chi connectivity index (χ2n) is 7.83. The van der Waals surface area contributed by atoms with Crippen LogP contribution in [-0.4, -0.2) is 17.7 Å².